The van der Waals surface area contributed by atoms with Crippen LogP contribution >= 0.6 is 0 Å². The van der Waals surface area contributed by atoms with Gasteiger partial charge in [0, 0.05) is 31.5 Å². The van der Waals surface area contributed by atoms with Gasteiger partial charge in [-0.3, -0.25) is 9.36 Å². The molecule has 1 atom stereocenters. The van der Waals surface area contributed by atoms with Crippen molar-refractivity contribution in [2.24, 2.45) is 0 Å². The number of hydrogen-bond acceptors (Lipinski definition) is 5. The highest BCUT2D eigenvalue weighted by Gasteiger charge is 2.32. The molecule has 0 N–H and O–H groups in total. The van der Waals surface area contributed by atoms with Crippen molar-refractivity contribution in [2.75, 3.05) is 27.5 Å². The third-order valence-corrected chi connectivity index (χ3v) is 5.16. The van der Waals surface area contributed by atoms with Crippen molar-refractivity contribution < 1.29 is 22.6 Å². The van der Waals surface area contributed by atoms with Gasteiger partial charge >= 0.3 is 6.18 Å². The van der Waals surface area contributed by atoms with Crippen LogP contribution in [0.3, 0.4) is 0 Å². The van der Waals surface area contributed by atoms with Gasteiger partial charge in [0.25, 0.3) is 5.56 Å². The molecule has 1 aromatic heterocycles. The molecule has 1 aliphatic heterocycles. The van der Waals surface area contributed by atoms with Crippen molar-refractivity contribution in [3.05, 3.63) is 46.6 Å². The van der Waals surface area contributed by atoms with Crippen molar-refractivity contribution in [1.82, 2.24) is 14.5 Å². The highest BCUT2D eigenvalue weighted by atomic mass is 19.4. The van der Waals surface area contributed by atoms with Crippen LogP contribution in [-0.4, -0.2) is 48.0 Å². The van der Waals surface area contributed by atoms with Gasteiger partial charge < -0.3 is 14.4 Å². The predicted molar refractivity (Wildman–Crippen MR) is 102 cm³/mol. The van der Waals surface area contributed by atoms with Crippen molar-refractivity contribution in [3.8, 4) is 16.9 Å². The molecule has 29 heavy (non-hydrogen) atoms. The molecule has 0 spiro atoms. The molecule has 2 heterocycles. The number of aromatic nitrogens is 2. The third-order valence-electron chi connectivity index (χ3n) is 5.16. The Morgan fingerprint density at radius 2 is 2.03 bits per heavy atom. The standard InChI is InChI=1S/C20H24F3N3O3/c1-25-8-4-3-5-15(25)11-26-12-24-10-17(19(26)27)16-7-6-14(20(21,22)23)9-18(16)29-13-28-2/h6-7,9-10,12,15H,3-5,8,11,13H2,1-2H3. The second-order valence-corrected chi connectivity index (χ2v) is 7.15. The van der Waals surface area contributed by atoms with Gasteiger partial charge in [0.15, 0.2) is 6.79 Å². The molecule has 1 saturated heterocycles. The molecule has 1 unspecified atom stereocenters. The minimum atomic E-state index is -4.52. The molecule has 0 aliphatic carbocycles. The molecule has 6 nitrogen and oxygen atoms in total. The summed E-state index contributed by atoms with van der Waals surface area (Å²) < 4.78 is 51.0. The van der Waals surface area contributed by atoms with E-state index < -0.39 is 11.7 Å². The van der Waals surface area contributed by atoms with Gasteiger partial charge in [0.1, 0.15) is 5.75 Å². The predicted octanol–water partition coefficient (Wildman–Crippen LogP) is 3.40. The van der Waals surface area contributed by atoms with Crippen LogP contribution in [0.5, 0.6) is 5.75 Å². The number of benzene rings is 1. The number of nitrogens with zero attached hydrogens (tertiary/aromatic N) is 3. The van der Waals surface area contributed by atoms with E-state index in [0.29, 0.717) is 6.54 Å². The number of alkyl halides is 3. The topological polar surface area (TPSA) is 56.6 Å². The van der Waals surface area contributed by atoms with Crippen LogP contribution in [0.1, 0.15) is 24.8 Å². The van der Waals surface area contributed by atoms with Gasteiger partial charge in [-0.2, -0.15) is 13.2 Å². The summed E-state index contributed by atoms with van der Waals surface area (Å²) in [6.07, 6.45) is 1.51. The fourth-order valence-electron chi connectivity index (χ4n) is 3.53. The van der Waals surface area contributed by atoms with Gasteiger partial charge in [0.05, 0.1) is 17.5 Å². The summed E-state index contributed by atoms with van der Waals surface area (Å²) in [7, 11) is 3.39. The quantitative estimate of drug-likeness (QED) is 0.682. The maximum absolute atomic E-state index is 13.1. The van der Waals surface area contributed by atoms with Crippen molar-refractivity contribution >= 4 is 0 Å². The molecule has 0 radical (unpaired) electrons. The van der Waals surface area contributed by atoms with Gasteiger partial charge in [-0.15, -0.1) is 0 Å². The van der Waals surface area contributed by atoms with E-state index in [0.717, 1.165) is 37.9 Å². The number of methoxy groups -OCH3 is 1. The lowest BCUT2D eigenvalue weighted by Crippen LogP contribution is -2.41. The highest BCUT2D eigenvalue weighted by Crippen LogP contribution is 2.36. The van der Waals surface area contributed by atoms with E-state index in [-0.39, 0.29) is 35.3 Å². The number of piperidine rings is 1. The van der Waals surface area contributed by atoms with Crippen LogP contribution in [-0.2, 0) is 17.5 Å². The summed E-state index contributed by atoms with van der Waals surface area (Å²) >= 11 is 0. The van der Waals surface area contributed by atoms with Crippen LogP contribution in [0.25, 0.3) is 11.1 Å². The maximum Gasteiger partial charge on any atom is 0.416 e. The van der Waals surface area contributed by atoms with E-state index in [1.165, 1.54) is 30.3 Å². The average molecular weight is 411 g/mol. The molecule has 2 aromatic rings. The summed E-state index contributed by atoms with van der Waals surface area (Å²) in [4.78, 5) is 19.4. The Bertz CT molecular complexity index is 899. The lowest BCUT2D eigenvalue weighted by Gasteiger charge is -2.32. The average Bonchev–Trinajstić information content (AvgIpc) is 2.69. The fourth-order valence-corrected chi connectivity index (χ4v) is 3.53. The minimum Gasteiger partial charge on any atom is -0.467 e. The summed E-state index contributed by atoms with van der Waals surface area (Å²) in [5.41, 5.74) is -0.744. The second-order valence-electron chi connectivity index (χ2n) is 7.15. The molecule has 1 fully saturated rings. The van der Waals surface area contributed by atoms with Crippen LogP contribution in [0.2, 0.25) is 0 Å². The lowest BCUT2D eigenvalue weighted by molar-refractivity contribution is -0.137. The normalized spacial score (nSPS) is 18.0. The Kier molecular flexibility index (Phi) is 6.59. The van der Waals surface area contributed by atoms with E-state index in [1.807, 2.05) is 7.05 Å². The van der Waals surface area contributed by atoms with Gasteiger partial charge in [-0.25, -0.2) is 4.98 Å². The molecule has 3 rings (SSSR count). The molecule has 0 saturated carbocycles. The largest absolute Gasteiger partial charge is 0.467 e. The first-order chi connectivity index (χ1) is 13.8. The van der Waals surface area contributed by atoms with Crippen molar-refractivity contribution in [3.63, 3.8) is 0 Å². The Labute approximate surface area is 166 Å². The zero-order valence-corrected chi connectivity index (χ0v) is 16.4. The second kappa shape index (κ2) is 8.96. The lowest BCUT2D eigenvalue weighted by atomic mass is 10.0. The zero-order valence-electron chi connectivity index (χ0n) is 16.4. The fraction of sp³-hybridized carbons (Fsp3) is 0.500. The SMILES string of the molecule is COCOc1cc(C(F)(F)F)ccc1-c1cncn(CC2CCCCN2C)c1=O. The van der Waals surface area contributed by atoms with Gasteiger partial charge in [-0.05, 0) is 44.6 Å². The molecule has 1 aliphatic rings. The molecule has 158 valence electrons. The van der Waals surface area contributed by atoms with E-state index in [4.69, 9.17) is 9.47 Å². The van der Waals surface area contributed by atoms with Crippen molar-refractivity contribution in [1.29, 1.82) is 0 Å². The van der Waals surface area contributed by atoms with E-state index >= 15 is 0 Å². The summed E-state index contributed by atoms with van der Waals surface area (Å²) in [5.74, 6) is -0.0758. The van der Waals surface area contributed by atoms with E-state index in [2.05, 4.69) is 9.88 Å². The maximum atomic E-state index is 13.1. The number of likely N-dealkylation sites (tertiary alicyclic amines) is 1. The molecular weight excluding hydrogens is 387 g/mol. The van der Waals surface area contributed by atoms with Crippen LogP contribution < -0.4 is 10.3 Å². The zero-order chi connectivity index (χ0) is 21.0. The summed E-state index contributed by atoms with van der Waals surface area (Å²) in [6, 6.07) is 3.26. The smallest absolute Gasteiger partial charge is 0.416 e. The minimum absolute atomic E-state index is 0.0758. The first-order valence-electron chi connectivity index (χ1n) is 9.39. The van der Waals surface area contributed by atoms with E-state index in [9.17, 15) is 18.0 Å². The number of ether oxygens (including phenoxy) is 2. The Morgan fingerprint density at radius 3 is 2.72 bits per heavy atom. The van der Waals surface area contributed by atoms with Crippen LogP contribution in [0.4, 0.5) is 13.2 Å². The van der Waals surface area contributed by atoms with Gasteiger partial charge in [0.2, 0.25) is 0 Å². The van der Waals surface area contributed by atoms with Crippen LogP contribution in [0, 0.1) is 0 Å². The first kappa shape index (κ1) is 21.3. The van der Waals surface area contributed by atoms with Crippen LogP contribution in [0.15, 0.2) is 35.5 Å². The number of hydrogen-bond donors (Lipinski definition) is 0. The monoisotopic (exact) mass is 411 g/mol. The molecular formula is C20H24F3N3O3. The third kappa shape index (κ3) is 4.97. The molecule has 0 amide bonds. The molecule has 0 bridgehead atoms. The Balaban J connectivity index is 1.98. The molecule has 9 heteroatoms. The molecule has 1 aromatic carbocycles. The summed E-state index contributed by atoms with van der Waals surface area (Å²) in [5, 5.41) is 0. The summed E-state index contributed by atoms with van der Waals surface area (Å²) in [6.45, 7) is 1.21. The number of likely N-dealkylation sites (N-methyl/N-ethyl adjacent to an activating group) is 1. The first-order valence-corrected chi connectivity index (χ1v) is 9.39. The van der Waals surface area contributed by atoms with Crippen molar-refractivity contribution in [2.45, 2.75) is 38.0 Å². The number of halogens is 3. The van der Waals surface area contributed by atoms with Gasteiger partial charge in [-0.1, -0.05) is 6.42 Å². The number of rotatable bonds is 6. The van der Waals surface area contributed by atoms with E-state index in [1.54, 1.807) is 0 Å². The Hall–Kier alpha value is -2.39. The highest BCUT2D eigenvalue weighted by molar-refractivity contribution is 5.69. The Morgan fingerprint density at radius 1 is 1.24 bits per heavy atom.